The topological polar surface area (TPSA) is 21.1 Å². The third kappa shape index (κ3) is 2.50. The van der Waals surface area contributed by atoms with Crippen LogP contribution in [0.4, 0.5) is 0 Å². The van der Waals surface area contributed by atoms with Crippen LogP contribution in [0.3, 0.4) is 0 Å². The number of pyridine rings is 1. The average molecular weight is 364 g/mol. The van der Waals surface area contributed by atoms with Crippen molar-refractivity contribution in [2.45, 2.75) is 32.2 Å². The van der Waals surface area contributed by atoms with Gasteiger partial charge in [-0.3, -0.25) is 9.88 Å². The lowest BCUT2D eigenvalue weighted by Gasteiger charge is -2.30. The van der Waals surface area contributed by atoms with Gasteiger partial charge in [-0.05, 0) is 73.3 Å². The summed E-state index contributed by atoms with van der Waals surface area (Å²) in [7, 11) is 0. The van der Waals surface area contributed by atoms with E-state index < -0.39 is 0 Å². The largest absolute Gasteiger partial charge is 0.320 e. The molecule has 1 atom stereocenters. The first-order valence-corrected chi connectivity index (χ1v) is 9.75. The molecule has 5 rings (SSSR count). The molecule has 132 valence electrons. The normalized spacial score (nSPS) is 20.4. The maximum atomic E-state index is 6.37. The first-order valence-electron chi connectivity index (χ1n) is 9.37. The van der Waals surface area contributed by atoms with Crippen LogP contribution in [0.1, 0.15) is 42.6 Å². The number of halogens is 1. The van der Waals surface area contributed by atoms with Crippen molar-refractivity contribution < 1.29 is 0 Å². The first kappa shape index (κ1) is 16.1. The number of hydrogen-bond donors (Lipinski definition) is 0. The Bertz CT molecular complexity index is 1000. The van der Waals surface area contributed by atoms with Gasteiger partial charge >= 0.3 is 0 Å². The van der Waals surface area contributed by atoms with E-state index >= 15 is 0 Å². The highest BCUT2D eigenvalue weighted by molar-refractivity contribution is 6.31. The Morgan fingerprint density at radius 2 is 2.04 bits per heavy atom. The summed E-state index contributed by atoms with van der Waals surface area (Å²) in [5, 5.41) is 2.14. The van der Waals surface area contributed by atoms with Gasteiger partial charge in [0, 0.05) is 53.7 Å². The molecule has 0 N–H and O–H groups in total. The van der Waals surface area contributed by atoms with Crippen molar-refractivity contribution in [2.24, 2.45) is 0 Å². The molecule has 1 aromatic carbocycles. The number of rotatable bonds is 2. The minimum atomic E-state index is 0.551. The van der Waals surface area contributed by atoms with Gasteiger partial charge < -0.3 is 4.57 Å². The smallest absolute Gasteiger partial charge is 0.0529 e. The molecule has 2 aliphatic heterocycles. The van der Waals surface area contributed by atoms with E-state index in [0.717, 1.165) is 18.0 Å². The van der Waals surface area contributed by atoms with Crippen molar-refractivity contribution >= 4 is 34.3 Å². The summed E-state index contributed by atoms with van der Waals surface area (Å²) in [4.78, 5) is 6.78. The van der Waals surface area contributed by atoms with E-state index in [4.69, 9.17) is 11.6 Å². The lowest BCUT2D eigenvalue weighted by molar-refractivity contribution is 0.243. The molecule has 2 aromatic heterocycles. The average Bonchev–Trinajstić information content (AvgIpc) is 3.25. The fourth-order valence-corrected chi connectivity index (χ4v) is 4.86. The zero-order valence-corrected chi connectivity index (χ0v) is 15.7. The molecular weight excluding hydrogens is 342 g/mol. The Balaban J connectivity index is 1.74. The third-order valence-corrected chi connectivity index (χ3v) is 6.14. The zero-order valence-electron chi connectivity index (χ0n) is 15.0. The second-order valence-electron chi connectivity index (χ2n) is 7.38. The number of hydrogen-bond acceptors (Lipinski definition) is 2. The van der Waals surface area contributed by atoms with Crippen LogP contribution in [0.2, 0.25) is 5.02 Å². The summed E-state index contributed by atoms with van der Waals surface area (Å²) >= 11 is 6.37. The molecule has 1 fully saturated rings. The number of benzene rings is 1. The van der Waals surface area contributed by atoms with Crippen LogP contribution in [-0.2, 0) is 6.42 Å². The van der Waals surface area contributed by atoms with Crippen LogP contribution in [0, 0.1) is 0 Å². The fraction of sp³-hybridized carbons (Fsp3) is 0.318. The summed E-state index contributed by atoms with van der Waals surface area (Å²) < 4.78 is 2.41. The van der Waals surface area contributed by atoms with Crippen molar-refractivity contribution in [3.63, 3.8) is 0 Å². The van der Waals surface area contributed by atoms with E-state index in [1.807, 2.05) is 18.5 Å². The minimum Gasteiger partial charge on any atom is -0.320 e. The Hall–Kier alpha value is -2.10. The molecule has 4 heterocycles. The highest BCUT2D eigenvalue weighted by Crippen LogP contribution is 2.43. The summed E-state index contributed by atoms with van der Waals surface area (Å²) in [6.07, 6.45) is 9.64. The Kier molecular flexibility index (Phi) is 3.87. The van der Waals surface area contributed by atoms with Gasteiger partial charge in [-0.25, -0.2) is 0 Å². The lowest BCUT2D eigenvalue weighted by Crippen LogP contribution is -2.31. The number of allylic oxidation sites excluding steroid dienone is 1. The summed E-state index contributed by atoms with van der Waals surface area (Å²) in [5.41, 5.74) is 6.68. The van der Waals surface area contributed by atoms with Crippen molar-refractivity contribution in [3.05, 3.63) is 64.6 Å². The van der Waals surface area contributed by atoms with Gasteiger partial charge in [0.25, 0.3) is 0 Å². The number of aromatic nitrogens is 2. The van der Waals surface area contributed by atoms with Gasteiger partial charge in [-0.15, -0.1) is 0 Å². The molecule has 0 amide bonds. The molecular formula is C22H22ClN3. The highest BCUT2D eigenvalue weighted by Gasteiger charge is 2.35. The Labute approximate surface area is 158 Å². The molecule has 0 aliphatic carbocycles. The molecule has 3 nitrogen and oxygen atoms in total. The standard InChI is InChI=1S/C22H22ClN3/c1-15(16-6-9-24-10-7-16)14-26-19-5-4-17(23)13-18(19)22-20-3-2-11-25(20)12-8-21(22)26/h4-7,9-10,13-14,20H,2-3,8,11-12H2,1H3. The van der Waals surface area contributed by atoms with Gasteiger partial charge in [-0.1, -0.05) is 11.6 Å². The van der Waals surface area contributed by atoms with E-state index in [9.17, 15) is 0 Å². The van der Waals surface area contributed by atoms with Gasteiger partial charge in [0.05, 0.1) is 5.52 Å². The first-order chi connectivity index (χ1) is 12.7. The molecule has 0 radical (unpaired) electrons. The Morgan fingerprint density at radius 1 is 1.19 bits per heavy atom. The van der Waals surface area contributed by atoms with Crippen LogP contribution in [0.25, 0.3) is 22.7 Å². The quantitative estimate of drug-likeness (QED) is 0.607. The molecule has 0 spiro atoms. The van der Waals surface area contributed by atoms with Gasteiger partial charge in [0.1, 0.15) is 0 Å². The maximum absolute atomic E-state index is 6.37. The summed E-state index contributed by atoms with van der Waals surface area (Å²) in [5.74, 6) is 0. The van der Waals surface area contributed by atoms with Crippen molar-refractivity contribution in [1.82, 2.24) is 14.5 Å². The van der Waals surface area contributed by atoms with E-state index in [-0.39, 0.29) is 0 Å². The molecule has 1 saturated heterocycles. The molecule has 4 heteroatoms. The third-order valence-electron chi connectivity index (χ3n) is 5.90. The highest BCUT2D eigenvalue weighted by atomic mass is 35.5. The van der Waals surface area contributed by atoms with E-state index in [2.05, 4.69) is 51.8 Å². The van der Waals surface area contributed by atoms with E-state index in [1.54, 1.807) is 0 Å². The van der Waals surface area contributed by atoms with Crippen LogP contribution >= 0.6 is 11.6 Å². The fourth-order valence-electron chi connectivity index (χ4n) is 4.69. The van der Waals surface area contributed by atoms with Crippen LogP contribution in [0.15, 0.2) is 42.7 Å². The predicted octanol–water partition coefficient (Wildman–Crippen LogP) is 5.40. The molecule has 3 aromatic rings. The Morgan fingerprint density at radius 3 is 2.88 bits per heavy atom. The molecule has 1 unspecified atom stereocenters. The maximum Gasteiger partial charge on any atom is 0.0529 e. The lowest BCUT2D eigenvalue weighted by atomic mass is 9.96. The van der Waals surface area contributed by atoms with Crippen molar-refractivity contribution in [2.75, 3.05) is 13.1 Å². The van der Waals surface area contributed by atoms with Gasteiger partial charge in [0.2, 0.25) is 0 Å². The zero-order chi connectivity index (χ0) is 17.7. The van der Waals surface area contributed by atoms with Crippen molar-refractivity contribution in [1.29, 1.82) is 0 Å². The minimum absolute atomic E-state index is 0.551. The molecule has 0 saturated carbocycles. The molecule has 2 aliphatic rings. The van der Waals surface area contributed by atoms with Crippen molar-refractivity contribution in [3.8, 4) is 0 Å². The summed E-state index contributed by atoms with van der Waals surface area (Å²) in [6.45, 7) is 4.56. The number of nitrogens with zero attached hydrogens (tertiary/aromatic N) is 3. The van der Waals surface area contributed by atoms with Gasteiger partial charge in [0.15, 0.2) is 0 Å². The van der Waals surface area contributed by atoms with Crippen LogP contribution < -0.4 is 0 Å². The second-order valence-corrected chi connectivity index (χ2v) is 7.82. The second kappa shape index (κ2) is 6.26. The monoisotopic (exact) mass is 363 g/mol. The summed E-state index contributed by atoms with van der Waals surface area (Å²) in [6, 6.07) is 11.0. The van der Waals surface area contributed by atoms with Crippen LogP contribution in [-0.4, -0.2) is 27.5 Å². The molecule has 0 bridgehead atoms. The van der Waals surface area contributed by atoms with Crippen LogP contribution in [0.5, 0.6) is 0 Å². The number of fused-ring (bicyclic) bond motifs is 5. The van der Waals surface area contributed by atoms with E-state index in [1.165, 1.54) is 52.7 Å². The molecule has 26 heavy (non-hydrogen) atoms. The predicted molar refractivity (Wildman–Crippen MR) is 108 cm³/mol. The van der Waals surface area contributed by atoms with E-state index in [0.29, 0.717) is 6.04 Å². The SMILES string of the molecule is CC(=Cn1c2c(c3cc(Cl)ccc31)C1CCCN1CC2)c1ccncc1. The van der Waals surface area contributed by atoms with Gasteiger partial charge in [-0.2, -0.15) is 0 Å².